The normalized spacial score (nSPS) is 18.9. The Morgan fingerprint density at radius 3 is 2.28 bits per heavy atom. The monoisotopic (exact) mass is 283 g/mol. The molecule has 1 aliphatic carbocycles. The van der Waals surface area contributed by atoms with E-state index in [1.807, 2.05) is 30.3 Å². The molecule has 0 aromatic heterocycles. The van der Waals surface area contributed by atoms with E-state index in [2.05, 4.69) is 0 Å². The van der Waals surface area contributed by atoms with Gasteiger partial charge >= 0.3 is 0 Å². The van der Waals surface area contributed by atoms with Crippen molar-refractivity contribution in [1.29, 1.82) is 0 Å². The molecule has 0 bridgehead atoms. The molecule has 0 radical (unpaired) electrons. The minimum absolute atomic E-state index is 0.380. The highest BCUT2D eigenvalue weighted by Crippen LogP contribution is 2.29. The van der Waals surface area contributed by atoms with Crippen molar-refractivity contribution in [2.45, 2.75) is 49.4 Å². The van der Waals surface area contributed by atoms with Gasteiger partial charge in [-0.25, -0.2) is 0 Å². The fourth-order valence-electron chi connectivity index (χ4n) is 2.43. The van der Waals surface area contributed by atoms with E-state index in [-0.39, 0.29) is 0 Å². The lowest BCUT2D eigenvalue weighted by molar-refractivity contribution is 0.443. The number of hydrogen-bond donors (Lipinski definition) is 0. The summed E-state index contributed by atoms with van der Waals surface area (Å²) in [4.78, 5) is 4.83. The number of rotatable bonds is 3. The molecule has 1 nitrogen and oxygen atoms in total. The molecule has 1 aliphatic rings. The Labute approximate surface area is 119 Å². The summed E-state index contributed by atoms with van der Waals surface area (Å²) in [5, 5.41) is 0. The van der Waals surface area contributed by atoms with Crippen molar-refractivity contribution in [2.24, 2.45) is 4.99 Å². The van der Waals surface area contributed by atoms with Gasteiger partial charge in [-0.3, -0.25) is 4.99 Å². The molecule has 0 spiro atoms. The third kappa shape index (κ3) is 3.73. The molecule has 0 unspecified atom stereocenters. The molecular weight excluding hydrogens is 265 g/mol. The van der Waals surface area contributed by atoms with Crippen molar-refractivity contribution >= 4 is 28.9 Å². The van der Waals surface area contributed by atoms with Crippen molar-refractivity contribution < 1.29 is 0 Å². The SMILES string of the molecule is CC(Cl)(Cl)C(=NC1CCCCC1)c1ccccc1. The molecule has 0 aliphatic heterocycles. The third-order valence-electron chi connectivity index (χ3n) is 3.35. The van der Waals surface area contributed by atoms with Crippen LogP contribution >= 0.6 is 23.2 Å². The molecule has 1 aromatic rings. The van der Waals surface area contributed by atoms with Gasteiger partial charge in [0.05, 0.1) is 11.8 Å². The fraction of sp³-hybridized carbons (Fsp3) is 0.533. The highest BCUT2D eigenvalue weighted by molar-refractivity contribution is 6.60. The van der Waals surface area contributed by atoms with Crippen LogP contribution in [0.2, 0.25) is 0 Å². The predicted octanol–water partition coefficient (Wildman–Crippen LogP) is 5.00. The zero-order chi connectivity index (χ0) is 13.0. The van der Waals surface area contributed by atoms with Crippen molar-refractivity contribution in [2.75, 3.05) is 0 Å². The van der Waals surface area contributed by atoms with Gasteiger partial charge in [-0.1, -0.05) is 72.8 Å². The van der Waals surface area contributed by atoms with E-state index in [9.17, 15) is 0 Å². The van der Waals surface area contributed by atoms with Gasteiger partial charge in [0, 0.05) is 0 Å². The quantitative estimate of drug-likeness (QED) is 0.547. The van der Waals surface area contributed by atoms with Crippen LogP contribution in [0.15, 0.2) is 35.3 Å². The summed E-state index contributed by atoms with van der Waals surface area (Å²) >= 11 is 12.6. The van der Waals surface area contributed by atoms with Gasteiger partial charge in [0.1, 0.15) is 0 Å². The van der Waals surface area contributed by atoms with Crippen LogP contribution in [-0.2, 0) is 0 Å². The van der Waals surface area contributed by atoms with Crippen LogP contribution in [0.25, 0.3) is 0 Å². The molecule has 1 aromatic carbocycles. The van der Waals surface area contributed by atoms with Crippen LogP contribution in [0.4, 0.5) is 0 Å². The standard InChI is InChI=1S/C15H19Cl2N/c1-15(16,17)14(12-8-4-2-5-9-12)18-13-10-6-3-7-11-13/h2,4-5,8-9,13H,3,6-7,10-11H2,1H3. The third-order valence-corrected chi connectivity index (χ3v) is 3.71. The Bertz CT molecular complexity index is 400. The number of halogens is 2. The van der Waals surface area contributed by atoms with Gasteiger partial charge in [0.25, 0.3) is 0 Å². The molecule has 0 amide bonds. The Morgan fingerprint density at radius 1 is 1.11 bits per heavy atom. The minimum Gasteiger partial charge on any atom is -0.283 e. The van der Waals surface area contributed by atoms with Gasteiger partial charge in [-0.05, 0) is 25.3 Å². The minimum atomic E-state index is -0.932. The van der Waals surface area contributed by atoms with Gasteiger partial charge in [-0.2, -0.15) is 0 Å². The average Bonchev–Trinajstić information content (AvgIpc) is 2.37. The molecule has 1 saturated carbocycles. The molecule has 0 atom stereocenters. The molecular formula is C15H19Cl2N. The zero-order valence-corrected chi connectivity index (χ0v) is 12.2. The van der Waals surface area contributed by atoms with Crippen LogP contribution in [0.1, 0.15) is 44.6 Å². The Hall–Kier alpha value is -0.530. The maximum absolute atomic E-state index is 6.29. The van der Waals surface area contributed by atoms with E-state index < -0.39 is 4.33 Å². The van der Waals surface area contributed by atoms with Crippen LogP contribution in [0, 0.1) is 0 Å². The van der Waals surface area contributed by atoms with E-state index >= 15 is 0 Å². The molecule has 0 N–H and O–H groups in total. The molecule has 18 heavy (non-hydrogen) atoms. The van der Waals surface area contributed by atoms with E-state index in [0.29, 0.717) is 6.04 Å². The first-order chi connectivity index (χ1) is 8.57. The number of hydrogen-bond acceptors (Lipinski definition) is 1. The Balaban J connectivity index is 2.28. The summed E-state index contributed by atoms with van der Waals surface area (Å²) in [5.74, 6) is 0. The van der Waals surface area contributed by atoms with Gasteiger partial charge in [0.15, 0.2) is 4.33 Å². The van der Waals surface area contributed by atoms with Crippen molar-refractivity contribution in [3.8, 4) is 0 Å². The van der Waals surface area contributed by atoms with Crippen LogP contribution in [0.5, 0.6) is 0 Å². The van der Waals surface area contributed by atoms with E-state index in [4.69, 9.17) is 28.2 Å². The molecule has 2 rings (SSSR count). The van der Waals surface area contributed by atoms with Crippen molar-refractivity contribution in [3.63, 3.8) is 0 Å². The summed E-state index contributed by atoms with van der Waals surface area (Å²) in [5.41, 5.74) is 1.83. The van der Waals surface area contributed by atoms with Crippen molar-refractivity contribution in [3.05, 3.63) is 35.9 Å². The summed E-state index contributed by atoms with van der Waals surface area (Å²) < 4.78 is -0.932. The first-order valence-corrected chi connectivity index (χ1v) is 7.34. The van der Waals surface area contributed by atoms with Gasteiger partial charge < -0.3 is 0 Å². The lowest BCUT2D eigenvalue weighted by Gasteiger charge is -2.23. The maximum atomic E-state index is 6.29. The van der Waals surface area contributed by atoms with Gasteiger partial charge in [-0.15, -0.1) is 0 Å². The van der Waals surface area contributed by atoms with E-state index in [0.717, 1.165) is 24.1 Å². The smallest absolute Gasteiger partial charge is 0.157 e. The van der Waals surface area contributed by atoms with E-state index in [1.54, 1.807) is 6.92 Å². The fourth-order valence-corrected chi connectivity index (χ4v) is 2.75. The predicted molar refractivity (Wildman–Crippen MR) is 80.0 cm³/mol. The number of nitrogens with zero attached hydrogens (tertiary/aromatic N) is 1. The second kappa shape index (κ2) is 6.08. The average molecular weight is 284 g/mol. The molecule has 1 fully saturated rings. The highest BCUT2D eigenvalue weighted by atomic mass is 35.5. The lowest BCUT2D eigenvalue weighted by atomic mass is 9.95. The second-order valence-corrected chi connectivity index (χ2v) is 6.73. The molecule has 0 heterocycles. The summed E-state index contributed by atoms with van der Waals surface area (Å²) in [6.45, 7) is 1.80. The molecule has 98 valence electrons. The number of benzene rings is 1. The number of aliphatic imine (C=N–C) groups is 1. The topological polar surface area (TPSA) is 12.4 Å². The second-order valence-electron chi connectivity index (χ2n) is 5.02. The summed E-state index contributed by atoms with van der Waals surface area (Å²) in [6.07, 6.45) is 6.15. The highest BCUT2D eigenvalue weighted by Gasteiger charge is 2.27. The zero-order valence-electron chi connectivity index (χ0n) is 10.7. The molecule has 0 saturated heterocycles. The number of alkyl halides is 2. The first-order valence-electron chi connectivity index (χ1n) is 6.59. The summed E-state index contributed by atoms with van der Waals surface area (Å²) in [6, 6.07) is 10.4. The first kappa shape index (κ1) is 13.9. The largest absolute Gasteiger partial charge is 0.283 e. The molecule has 3 heteroatoms. The maximum Gasteiger partial charge on any atom is 0.157 e. The Kier molecular flexibility index (Phi) is 4.69. The van der Waals surface area contributed by atoms with Crippen LogP contribution in [-0.4, -0.2) is 16.1 Å². The lowest BCUT2D eigenvalue weighted by Crippen LogP contribution is -2.26. The van der Waals surface area contributed by atoms with Gasteiger partial charge in [0.2, 0.25) is 0 Å². The van der Waals surface area contributed by atoms with Crippen LogP contribution < -0.4 is 0 Å². The van der Waals surface area contributed by atoms with E-state index in [1.165, 1.54) is 19.3 Å². The van der Waals surface area contributed by atoms with Crippen LogP contribution in [0.3, 0.4) is 0 Å². The summed E-state index contributed by atoms with van der Waals surface area (Å²) in [7, 11) is 0. The Morgan fingerprint density at radius 2 is 1.72 bits per heavy atom. The van der Waals surface area contributed by atoms with Crippen molar-refractivity contribution in [1.82, 2.24) is 0 Å².